The Morgan fingerprint density at radius 2 is 1.59 bits per heavy atom. The SMILES string of the molecule is CC(C)(C)c1nc(NC2CC2)c2cc(-c3ccc(Cl)cc3)c(-c3ccccc3Cl)nc2n1. The summed E-state index contributed by atoms with van der Waals surface area (Å²) in [6.07, 6.45) is 2.32. The van der Waals surface area contributed by atoms with Crippen molar-refractivity contribution < 1.29 is 0 Å². The summed E-state index contributed by atoms with van der Waals surface area (Å²) < 4.78 is 0. The van der Waals surface area contributed by atoms with Crippen LogP contribution in [0, 0.1) is 0 Å². The second kappa shape index (κ2) is 8.02. The quantitative estimate of drug-likeness (QED) is 0.340. The Labute approximate surface area is 198 Å². The molecule has 0 aliphatic heterocycles. The van der Waals surface area contributed by atoms with E-state index in [2.05, 4.69) is 32.2 Å². The lowest BCUT2D eigenvalue weighted by Crippen LogP contribution is -2.18. The lowest BCUT2D eigenvalue weighted by Gasteiger charge is -2.20. The molecule has 0 spiro atoms. The number of nitrogens with one attached hydrogen (secondary N) is 1. The van der Waals surface area contributed by atoms with E-state index in [1.165, 1.54) is 0 Å². The molecule has 0 unspecified atom stereocenters. The highest BCUT2D eigenvalue weighted by Gasteiger charge is 2.26. The maximum atomic E-state index is 6.60. The van der Waals surface area contributed by atoms with E-state index in [0.29, 0.717) is 21.7 Å². The molecule has 2 heterocycles. The van der Waals surface area contributed by atoms with Gasteiger partial charge in [-0.2, -0.15) is 0 Å². The van der Waals surface area contributed by atoms with E-state index >= 15 is 0 Å². The Hall–Kier alpha value is -2.69. The number of rotatable bonds is 4. The Morgan fingerprint density at radius 1 is 0.875 bits per heavy atom. The van der Waals surface area contributed by atoms with Gasteiger partial charge in [-0.05, 0) is 42.7 Å². The zero-order chi connectivity index (χ0) is 22.5. The largest absolute Gasteiger partial charge is 0.367 e. The maximum Gasteiger partial charge on any atom is 0.165 e. The minimum Gasteiger partial charge on any atom is -0.367 e. The summed E-state index contributed by atoms with van der Waals surface area (Å²) in [4.78, 5) is 14.8. The van der Waals surface area contributed by atoms with E-state index in [0.717, 1.165) is 52.3 Å². The van der Waals surface area contributed by atoms with E-state index in [-0.39, 0.29) is 5.41 Å². The van der Waals surface area contributed by atoms with Crippen LogP contribution >= 0.6 is 23.2 Å². The fourth-order valence-electron chi connectivity index (χ4n) is 3.63. The van der Waals surface area contributed by atoms with Crippen molar-refractivity contribution in [3.63, 3.8) is 0 Å². The molecule has 0 bridgehead atoms. The first-order chi connectivity index (χ1) is 15.3. The predicted octanol–water partition coefficient (Wildman–Crippen LogP) is 7.54. The van der Waals surface area contributed by atoms with E-state index in [1.807, 2.05) is 48.5 Å². The molecule has 5 rings (SSSR count). The molecule has 0 amide bonds. The molecular formula is C26H24Cl2N4. The van der Waals surface area contributed by atoms with Gasteiger partial charge in [0.25, 0.3) is 0 Å². The van der Waals surface area contributed by atoms with Gasteiger partial charge in [-0.1, -0.05) is 74.3 Å². The number of hydrogen-bond donors (Lipinski definition) is 1. The van der Waals surface area contributed by atoms with Crippen molar-refractivity contribution in [2.45, 2.75) is 45.1 Å². The second-order valence-corrected chi connectivity index (χ2v) is 10.2. The zero-order valence-electron chi connectivity index (χ0n) is 18.3. The summed E-state index contributed by atoms with van der Waals surface area (Å²) in [5.41, 5.74) is 4.11. The summed E-state index contributed by atoms with van der Waals surface area (Å²) in [7, 11) is 0. The van der Waals surface area contributed by atoms with Crippen LogP contribution in [0.25, 0.3) is 33.4 Å². The normalized spacial score (nSPS) is 14.0. The molecule has 1 aliphatic carbocycles. The molecule has 6 heteroatoms. The van der Waals surface area contributed by atoms with Crippen LogP contribution in [0.15, 0.2) is 54.6 Å². The third-order valence-electron chi connectivity index (χ3n) is 5.56. The molecular weight excluding hydrogens is 439 g/mol. The average Bonchev–Trinajstić information content (AvgIpc) is 3.57. The third kappa shape index (κ3) is 4.17. The summed E-state index contributed by atoms with van der Waals surface area (Å²) in [6.45, 7) is 6.35. The zero-order valence-corrected chi connectivity index (χ0v) is 19.8. The number of anilines is 1. The highest BCUT2D eigenvalue weighted by atomic mass is 35.5. The number of nitrogens with zero attached hydrogens (tertiary/aromatic N) is 3. The first-order valence-corrected chi connectivity index (χ1v) is 11.6. The lowest BCUT2D eigenvalue weighted by atomic mass is 9.95. The van der Waals surface area contributed by atoms with E-state index in [4.69, 9.17) is 38.2 Å². The van der Waals surface area contributed by atoms with Crippen molar-refractivity contribution in [3.8, 4) is 22.4 Å². The first-order valence-electron chi connectivity index (χ1n) is 10.8. The number of hydrogen-bond acceptors (Lipinski definition) is 4. The van der Waals surface area contributed by atoms with Gasteiger partial charge in [0.05, 0.1) is 11.1 Å². The third-order valence-corrected chi connectivity index (χ3v) is 6.14. The molecule has 0 saturated heterocycles. The summed E-state index contributed by atoms with van der Waals surface area (Å²) in [5.74, 6) is 1.61. The molecule has 1 aliphatic rings. The Bertz CT molecular complexity index is 1310. The topological polar surface area (TPSA) is 50.7 Å². The number of fused-ring (bicyclic) bond motifs is 1. The molecule has 1 saturated carbocycles. The van der Waals surface area contributed by atoms with Crippen molar-refractivity contribution >= 4 is 40.1 Å². The Balaban J connectivity index is 1.82. The summed E-state index contributed by atoms with van der Waals surface area (Å²) in [6, 6.07) is 18.1. The molecule has 0 radical (unpaired) electrons. The molecule has 2 aromatic heterocycles. The van der Waals surface area contributed by atoms with Crippen molar-refractivity contribution in [3.05, 3.63) is 70.5 Å². The van der Waals surface area contributed by atoms with Crippen molar-refractivity contribution in [2.24, 2.45) is 0 Å². The van der Waals surface area contributed by atoms with Gasteiger partial charge in [-0.25, -0.2) is 15.0 Å². The number of pyridine rings is 1. The van der Waals surface area contributed by atoms with Crippen LogP contribution in [0.4, 0.5) is 5.82 Å². The molecule has 1 fully saturated rings. The molecule has 2 aromatic carbocycles. The van der Waals surface area contributed by atoms with Gasteiger partial charge in [0.1, 0.15) is 11.6 Å². The van der Waals surface area contributed by atoms with Gasteiger partial charge in [-0.3, -0.25) is 0 Å². The van der Waals surface area contributed by atoms with Gasteiger partial charge in [0.15, 0.2) is 5.65 Å². The Kier molecular flexibility index (Phi) is 5.31. The van der Waals surface area contributed by atoms with Crippen LogP contribution in [0.5, 0.6) is 0 Å². The summed E-state index contributed by atoms with van der Waals surface area (Å²) in [5, 5.41) is 5.84. The molecule has 32 heavy (non-hydrogen) atoms. The number of benzene rings is 2. The van der Waals surface area contributed by atoms with Crippen LogP contribution in [0.3, 0.4) is 0 Å². The van der Waals surface area contributed by atoms with E-state index in [9.17, 15) is 0 Å². The lowest BCUT2D eigenvalue weighted by molar-refractivity contribution is 0.548. The van der Waals surface area contributed by atoms with Crippen molar-refractivity contribution in [1.82, 2.24) is 15.0 Å². The molecule has 4 aromatic rings. The fourth-order valence-corrected chi connectivity index (χ4v) is 3.98. The monoisotopic (exact) mass is 462 g/mol. The highest BCUT2D eigenvalue weighted by molar-refractivity contribution is 6.33. The van der Waals surface area contributed by atoms with Gasteiger partial charge in [0.2, 0.25) is 0 Å². The smallest absolute Gasteiger partial charge is 0.165 e. The minimum absolute atomic E-state index is 0.199. The number of aromatic nitrogens is 3. The molecule has 162 valence electrons. The van der Waals surface area contributed by atoms with Crippen LogP contribution < -0.4 is 5.32 Å². The molecule has 0 atom stereocenters. The van der Waals surface area contributed by atoms with Gasteiger partial charge < -0.3 is 5.32 Å². The minimum atomic E-state index is -0.199. The molecule has 1 N–H and O–H groups in total. The van der Waals surface area contributed by atoms with Gasteiger partial charge in [-0.15, -0.1) is 0 Å². The highest BCUT2D eigenvalue weighted by Crippen LogP contribution is 2.39. The predicted molar refractivity (Wildman–Crippen MR) is 134 cm³/mol. The number of halogens is 2. The van der Waals surface area contributed by atoms with Crippen LogP contribution in [-0.4, -0.2) is 21.0 Å². The standard InChI is InChI=1S/C26H24Cl2N4/c1-26(2,3)25-31-23(29-17-12-13-17)20-14-19(15-8-10-16(27)11-9-15)22(30-24(20)32-25)18-6-4-5-7-21(18)28/h4-11,14,17H,12-13H2,1-3H3,(H,29,30,31,32). The Morgan fingerprint density at radius 3 is 2.25 bits per heavy atom. The van der Waals surface area contributed by atoms with Gasteiger partial charge in [0, 0.05) is 32.6 Å². The van der Waals surface area contributed by atoms with E-state index < -0.39 is 0 Å². The van der Waals surface area contributed by atoms with Crippen molar-refractivity contribution in [2.75, 3.05) is 5.32 Å². The van der Waals surface area contributed by atoms with Crippen molar-refractivity contribution in [1.29, 1.82) is 0 Å². The van der Waals surface area contributed by atoms with Gasteiger partial charge >= 0.3 is 0 Å². The summed E-state index contributed by atoms with van der Waals surface area (Å²) >= 11 is 12.8. The fraction of sp³-hybridized carbons (Fsp3) is 0.269. The maximum absolute atomic E-state index is 6.60. The second-order valence-electron chi connectivity index (χ2n) is 9.31. The van der Waals surface area contributed by atoms with Crippen LogP contribution in [-0.2, 0) is 5.41 Å². The van der Waals surface area contributed by atoms with E-state index in [1.54, 1.807) is 0 Å². The molecule has 4 nitrogen and oxygen atoms in total. The first kappa shape index (κ1) is 21.2. The van der Waals surface area contributed by atoms with Crippen LogP contribution in [0.2, 0.25) is 10.0 Å². The average molecular weight is 463 g/mol. The van der Waals surface area contributed by atoms with Crippen LogP contribution in [0.1, 0.15) is 39.4 Å².